The number of rotatable bonds is 4. The summed E-state index contributed by atoms with van der Waals surface area (Å²) >= 11 is 0. The van der Waals surface area contributed by atoms with Gasteiger partial charge in [-0.05, 0) is 74.2 Å². The van der Waals surface area contributed by atoms with E-state index in [1.54, 1.807) is 4.90 Å². The number of benzene rings is 2. The van der Waals surface area contributed by atoms with Crippen LogP contribution >= 0.6 is 12.4 Å². The maximum atomic E-state index is 12.8. The molecule has 4 nitrogen and oxygen atoms in total. The summed E-state index contributed by atoms with van der Waals surface area (Å²) in [7, 11) is 1.88. The summed E-state index contributed by atoms with van der Waals surface area (Å²) in [5.74, 6) is 2.03. The first-order valence-electron chi connectivity index (χ1n) is 8.99. The second-order valence-electron chi connectivity index (χ2n) is 7.18. The Kier molecular flexibility index (Phi) is 5.54. The predicted octanol–water partition coefficient (Wildman–Crippen LogP) is 4.25. The predicted molar refractivity (Wildman–Crippen MR) is 106 cm³/mol. The first-order valence-corrected chi connectivity index (χ1v) is 8.99. The van der Waals surface area contributed by atoms with E-state index in [-0.39, 0.29) is 29.6 Å². The fourth-order valence-electron chi connectivity index (χ4n) is 3.90. The molecule has 0 bridgehead atoms. The number of halogens is 1. The second-order valence-corrected chi connectivity index (χ2v) is 7.18. The lowest BCUT2D eigenvalue weighted by atomic mass is 9.91. The van der Waals surface area contributed by atoms with Gasteiger partial charge in [0.05, 0.1) is 0 Å². The molecule has 26 heavy (non-hydrogen) atoms. The van der Waals surface area contributed by atoms with E-state index in [9.17, 15) is 4.79 Å². The standard InChI is InChI=1S/C21H24N2O2.ClH/c1-23(20(24)19-15-21(19)11-13-22-14-12-21)16-7-9-18(10-8-16)25-17-5-3-2-4-6-17;/h2-10,19,22H,11-15H2,1H3;1H. The number of hydrogen-bond donors (Lipinski definition) is 1. The molecule has 2 aliphatic rings. The fourth-order valence-corrected chi connectivity index (χ4v) is 3.90. The third kappa shape index (κ3) is 3.71. The van der Waals surface area contributed by atoms with E-state index >= 15 is 0 Å². The van der Waals surface area contributed by atoms with Crippen LogP contribution in [0.2, 0.25) is 0 Å². The summed E-state index contributed by atoms with van der Waals surface area (Å²) in [4.78, 5) is 14.6. The fraction of sp³-hybridized carbons (Fsp3) is 0.381. The zero-order chi connectivity index (χ0) is 17.3. The molecule has 1 aliphatic heterocycles. The molecule has 5 heteroatoms. The van der Waals surface area contributed by atoms with Gasteiger partial charge in [-0.15, -0.1) is 12.4 Å². The number of anilines is 1. The van der Waals surface area contributed by atoms with Crippen molar-refractivity contribution >= 4 is 24.0 Å². The molecule has 1 aliphatic carbocycles. The molecule has 1 saturated carbocycles. The Morgan fingerprint density at radius 3 is 2.31 bits per heavy atom. The van der Waals surface area contributed by atoms with Gasteiger partial charge in [-0.25, -0.2) is 0 Å². The van der Waals surface area contributed by atoms with Crippen LogP contribution in [0.4, 0.5) is 5.69 Å². The molecule has 0 aromatic heterocycles. The van der Waals surface area contributed by atoms with E-state index in [0.29, 0.717) is 0 Å². The Labute approximate surface area is 160 Å². The average molecular weight is 373 g/mol. The van der Waals surface area contributed by atoms with Gasteiger partial charge in [0.2, 0.25) is 5.91 Å². The van der Waals surface area contributed by atoms with Crippen LogP contribution in [0.15, 0.2) is 54.6 Å². The number of piperidine rings is 1. The molecule has 138 valence electrons. The van der Waals surface area contributed by atoms with E-state index < -0.39 is 0 Å². The minimum atomic E-state index is 0. The number of amides is 1. The molecule has 1 unspecified atom stereocenters. The molecule has 2 aromatic carbocycles. The number of hydrogen-bond acceptors (Lipinski definition) is 3. The van der Waals surface area contributed by atoms with Gasteiger partial charge in [0.15, 0.2) is 0 Å². The van der Waals surface area contributed by atoms with Gasteiger partial charge in [-0.3, -0.25) is 4.79 Å². The minimum Gasteiger partial charge on any atom is -0.457 e. The molecule has 2 aromatic rings. The van der Waals surface area contributed by atoms with E-state index in [0.717, 1.165) is 49.5 Å². The van der Waals surface area contributed by atoms with Gasteiger partial charge < -0.3 is 15.0 Å². The van der Waals surface area contributed by atoms with E-state index in [4.69, 9.17) is 4.74 Å². The summed E-state index contributed by atoms with van der Waals surface area (Å²) in [5.41, 5.74) is 1.19. The van der Waals surface area contributed by atoms with Gasteiger partial charge in [0.25, 0.3) is 0 Å². The van der Waals surface area contributed by atoms with Gasteiger partial charge in [0.1, 0.15) is 11.5 Å². The number of para-hydroxylation sites is 1. The number of nitrogens with zero attached hydrogens (tertiary/aromatic N) is 1. The molecule has 1 amide bonds. The van der Waals surface area contributed by atoms with Crippen molar-refractivity contribution in [3.8, 4) is 11.5 Å². The lowest BCUT2D eigenvalue weighted by Gasteiger charge is -2.25. The number of nitrogens with one attached hydrogen (secondary N) is 1. The number of carbonyl (C=O) groups excluding carboxylic acids is 1. The van der Waals surface area contributed by atoms with Crippen molar-refractivity contribution in [2.75, 3.05) is 25.0 Å². The molecule has 4 rings (SSSR count). The van der Waals surface area contributed by atoms with Gasteiger partial charge >= 0.3 is 0 Å². The summed E-state index contributed by atoms with van der Waals surface area (Å²) in [5, 5.41) is 3.39. The molecule has 1 N–H and O–H groups in total. The van der Waals surface area contributed by atoms with E-state index in [2.05, 4.69) is 5.32 Å². The molecule has 1 saturated heterocycles. The first kappa shape index (κ1) is 18.7. The summed E-state index contributed by atoms with van der Waals surface area (Å²) in [6.45, 7) is 2.08. The minimum absolute atomic E-state index is 0. The highest BCUT2D eigenvalue weighted by atomic mass is 35.5. The molecule has 1 heterocycles. The summed E-state index contributed by atoms with van der Waals surface area (Å²) in [6, 6.07) is 17.4. The van der Waals surface area contributed by atoms with Crippen LogP contribution in [-0.4, -0.2) is 26.0 Å². The third-order valence-electron chi connectivity index (χ3n) is 5.62. The van der Waals surface area contributed by atoms with E-state index in [1.165, 1.54) is 0 Å². The van der Waals surface area contributed by atoms with Crippen molar-refractivity contribution in [1.29, 1.82) is 0 Å². The first-order chi connectivity index (χ1) is 12.2. The van der Waals surface area contributed by atoms with Gasteiger partial charge in [0, 0.05) is 18.7 Å². The molecule has 1 spiro atoms. The summed E-state index contributed by atoms with van der Waals surface area (Å²) in [6.07, 6.45) is 3.30. The van der Waals surface area contributed by atoms with Crippen molar-refractivity contribution in [2.24, 2.45) is 11.3 Å². The van der Waals surface area contributed by atoms with Crippen molar-refractivity contribution in [2.45, 2.75) is 19.3 Å². The van der Waals surface area contributed by atoms with Crippen molar-refractivity contribution in [3.63, 3.8) is 0 Å². The van der Waals surface area contributed by atoms with Crippen LogP contribution in [0.5, 0.6) is 11.5 Å². The molecule has 2 fully saturated rings. The number of ether oxygens (including phenoxy) is 1. The van der Waals surface area contributed by atoms with Crippen molar-refractivity contribution in [3.05, 3.63) is 54.6 Å². The summed E-state index contributed by atoms with van der Waals surface area (Å²) < 4.78 is 5.81. The van der Waals surface area contributed by atoms with Crippen LogP contribution in [-0.2, 0) is 4.79 Å². The second kappa shape index (κ2) is 7.68. The van der Waals surface area contributed by atoms with Crippen molar-refractivity contribution < 1.29 is 9.53 Å². The maximum Gasteiger partial charge on any atom is 0.230 e. The SMILES string of the molecule is CN(C(=O)C1CC12CCNCC2)c1ccc(Oc2ccccc2)cc1.Cl. The highest BCUT2D eigenvalue weighted by Crippen LogP contribution is 2.59. The number of carbonyl (C=O) groups is 1. The zero-order valence-electron chi connectivity index (χ0n) is 15.0. The Bertz CT molecular complexity index is 742. The average Bonchev–Trinajstić information content (AvgIpc) is 3.35. The lowest BCUT2D eigenvalue weighted by molar-refractivity contribution is -0.120. The monoisotopic (exact) mass is 372 g/mol. The van der Waals surface area contributed by atoms with Crippen molar-refractivity contribution in [1.82, 2.24) is 5.32 Å². The molecular weight excluding hydrogens is 348 g/mol. The van der Waals surface area contributed by atoms with Crippen LogP contribution in [0, 0.1) is 11.3 Å². The van der Waals surface area contributed by atoms with Crippen LogP contribution in [0.1, 0.15) is 19.3 Å². The third-order valence-corrected chi connectivity index (χ3v) is 5.62. The normalized spacial score (nSPS) is 20.1. The molecular formula is C21H25ClN2O2. The zero-order valence-corrected chi connectivity index (χ0v) is 15.8. The van der Waals surface area contributed by atoms with Crippen LogP contribution in [0.25, 0.3) is 0 Å². The Morgan fingerprint density at radius 2 is 1.65 bits per heavy atom. The lowest BCUT2D eigenvalue weighted by Crippen LogP contribution is -2.34. The maximum absolute atomic E-state index is 12.8. The highest BCUT2D eigenvalue weighted by molar-refractivity contribution is 5.97. The van der Waals surface area contributed by atoms with Crippen LogP contribution < -0.4 is 15.0 Å². The Hall–Kier alpha value is -2.04. The smallest absolute Gasteiger partial charge is 0.230 e. The van der Waals surface area contributed by atoms with Gasteiger partial charge in [-0.2, -0.15) is 0 Å². The molecule has 1 atom stereocenters. The Balaban J connectivity index is 0.00000196. The highest BCUT2D eigenvalue weighted by Gasteiger charge is 2.58. The Morgan fingerprint density at radius 1 is 1.04 bits per heavy atom. The van der Waals surface area contributed by atoms with Gasteiger partial charge in [-0.1, -0.05) is 18.2 Å². The largest absolute Gasteiger partial charge is 0.457 e. The van der Waals surface area contributed by atoms with E-state index in [1.807, 2.05) is 61.6 Å². The topological polar surface area (TPSA) is 41.6 Å². The van der Waals surface area contributed by atoms with Crippen LogP contribution in [0.3, 0.4) is 0 Å². The molecule has 0 radical (unpaired) electrons. The quantitative estimate of drug-likeness (QED) is 0.872.